The number of carboxylic acids is 1. The Morgan fingerprint density at radius 1 is 1.37 bits per heavy atom. The van der Waals surface area contributed by atoms with Crippen LogP contribution in [0.2, 0.25) is 0 Å². The molecular weight excluding hydrogens is 247 g/mol. The van der Waals surface area contributed by atoms with Crippen LogP contribution in [0.4, 0.5) is 4.39 Å². The molecule has 0 bridgehead atoms. The SMILES string of the molecule is Cc1nn(CCF)c(C(=O)O)c1Cc1ccccc1. The molecule has 1 aromatic carbocycles. The summed E-state index contributed by atoms with van der Waals surface area (Å²) in [5.74, 6) is -1.07. The highest BCUT2D eigenvalue weighted by atomic mass is 19.1. The standard InChI is InChI=1S/C14H15FN2O2/c1-10-12(9-11-5-3-2-4-6-11)13(14(18)19)17(16-10)8-7-15/h2-6H,7-9H2,1H3,(H,18,19). The van der Waals surface area contributed by atoms with Gasteiger partial charge in [-0.2, -0.15) is 5.10 Å². The van der Waals surface area contributed by atoms with Crippen LogP contribution in [-0.4, -0.2) is 27.5 Å². The molecule has 0 saturated heterocycles. The molecule has 0 aliphatic heterocycles. The molecule has 0 aliphatic rings. The number of aromatic nitrogens is 2. The zero-order valence-corrected chi connectivity index (χ0v) is 10.6. The summed E-state index contributed by atoms with van der Waals surface area (Å²) < 4.78 is 13.7. The van der Waals surface area contributed by atoms with Crippen LogP contribution >= 0.6 is 0 Å². The highest BCUT2D eigenvalue weighted by Crippen LogP contribution is 2.18. The predicted octanol–water partition coefficient (Wildman–Crippen LogP) is 2.45. The zero-order valence-electron chi connectivity index (χ0n) is 10.6. The number of aromatic carboxylic acids is 1. The summed E-state index contributed by atoms with van der Waals surface area (Å²) in [5.41, 5.74) is 2.37. The molecule has 0 saturated carbocycles. The molecule has 0 spiro atoms. The van der Waals surface area contributed by atoms with Gasteiger partial charge in [0.25, 0.3) is 0 Å². The van der Waals surface area contributed by atoms with Gasteiger partial charge in [-0.1, -0.05) is 30.3 Å². The smallest absolute Gasteiger partial charge is 0.354 e. The first-order valence-electron chi connectivity index (χ1n) is 6.03. The van der Waals surface area contributed by atoms with Crippen molar-refractivity contribution in [3.8, 4) is 0 Å². The van der Waals surface area contributed by atoms with Crippen molar-refractivity contribution in [1.29, 1.82) is 0 Å². The largest absolute Gasteiger partial charge is 0.477 e. The number of hydrogen-bond acceptors (Lipinski definition) is 2. The maximum atomic E-state index is 12.4. The minimum Gasteiger partial charge on any atom is -0.477 e. The van der Waals surface area contributed by atoms with E-state index >= 15 is 0 Å². The van der Waals surface area contributed by atoms with Crippen molar-refractivity contribution in [2.45, 2.75) is 19.9 Å². The van der Waals surface area contributed by atoms with Crippen LogP contribution in [0, 0.1) is 6.92 Å². The molecule has 0 amide bonds. The molecule has 0 unspecified atom stereocenters. The minimum atomic E-state index is -1.07. The molecule has 2 aromatic rings. The van der Waals surface area contributed by atoms with E-state index in [1.165, 1.54) is 4.68 Å². The molecule has 19 heavy (non-hydrogen) atoms. The highest BCUT2D eigenvalue weighted by molar-refractivity contribution is 5.88. The number of carbonyl (C=O) groups is 1. The fourth-order valence-corrected chi connectivity index (χ4v) is 2.11. The second-order valence-electron chi connectivity index (χ2n) is 4.29. The topological polar surface area (TPSA) is 55.1 Å². The maximum Gasteiger partial charge on any atom is 0.354 e. The summed E-state index contributed by atoms with van der Waals surface area (Å²) in [6.45, 7) is 1.09. The molecule has 4 nitrogen and oxygen atoms in total. The third-order valence-electron chi connectivity index (χ3n) is 2.97. The van der Waals surface area contributed by atoms with Crippen LogP contribution in [0.3, 0.4) is 0 Å². The van der Waals surface area contributed by atoms with E-state index in [4.69, 9.17) is 0 Å². The maximum absolute atomic E-state index is 12.4. The summed E-state index contributed by atoms with van der Waals surface area (Å²) in [4.78, 5) is 11.3. The fraction of sp³-hybridized carbons (Fsp3) is 0.286. The highest BCUT2D eigenvalue weighted by Gasteiger charge is 2.20. The van der Waals surface area contributed by atoms with Crippen molar-refractivity contribution in [2.75, 3.05) is 6.67 Å². The summed E-state index contributed by atoms with van der Waals surface area (Å²) >= 11 is 0. The lowest BCUT2D eigenvalue weighted by molar-refractivity contribution is 0.0681. The van der Waals surface area contributed by atoms with E-state index in [0.29, 0.717) is 17.7 Å². The molecule has 2 rings (SSSR count). The van der Waals surface area contributed by atoms with E-state index in [9.17, 15) is 14.3 Å². The Kier molecular flexibility index (Phi) is 3.94. The molecule has 5 heteroatoms. The molecule has 1 aromatic heterocycles. The Morgan fingerprint density at radius 2 is 2.05 bits per heavy atom. The van der Waals surface area contributed by atoms with E-state index in [0.717, 1.165) is 5.56 Å². The number of benzene rings is 1. The number of hydrogen-bond donors (Lipinski definition) is 1. The molecule has 0 aliphatic carbocycles. The van der Waals surface area contributed by atoms with Gasteiger partial charge in [-0.25, -0.2) is 9.18 Å². The molecular formula is C14H15FN2O2. The first-order chi connectivity index (χ1) is 9.13. The minimum absolute atomic E-state index is 0.0305. The number of alkyl halides is 1. The summed E-state index contributed by atoms with van der Waals surface area (Å²) in [6, 6.07) is 9.56. The van der Waals surface area contributed by atoms with Gasteiger partial charge in [-0.3, -0.25) is 4.68 Å². The van der Waals surface area contributed by atoms with Gasteiger partial charge in [0, 0.05) is 12.0 Å². The van der Waals surface area contributed by atoms with Crippen LogP contribution < -0.4 is 0 Å². The third kappa shape index (κ3) is 2.81. The Morgan fingerprint density at radius 3 is 2.63 bits per heavy atom. The van der Waals surface area contributed by atoms with Crippen LogP contribution in [0.5, 0.6) is 0 Å². The van der Waals surface area contributed by atoms with Crippen molar-refractivity contribution in [3.05, 3.63) is 52.8 Å². The molecule has 1 heterocycles. The second-order valence-corrected chi connectivity index (χ2v) is 4.29. The van der Waals surface area contributed by atoms with E-state index in [1.807, 2.05) is 30.3 Å². The number of aryl methyl sites for hydroxylation is 2. The van der Waals surface area contributed by atoms with Crippen molar-refractivity contribution < 1.29 is 14.3 Å². The Bertz CT molecular complexity index is 579. The number of halogens is 1. The average molecular weight is 262 g/mol. The quantitative estimate of drug-likeness (QED) is 0.900. The van der Waals surface area contributed by atoms with Crippen molar-refractivity contribution >= 4 is 5.97 Å². The normalized spacial score (nSPS) is 10.6. The van der Waals surface area contributed by atoms with Crippen LogP contribution in [0.25, 0.3) is 0 Å². The number of rotatable bonds is 5. The van der Waals surface area contributed by atoms with E-state index in [-0.39, 0.29) is 12.2 Å². The Hall–Kier alpha value is -2.17. The Balaban J connectivity index is 2.41. The summed E-state index contributed by atoms with van der Waals surface area (Å²) in [5, 5.41) is 13.4. The van der Waals surface area contributed by atoms with Crippen LogP contribution in [0.1, 0.15) is 27.3 Å². The van der Waals surface area contributed by atoms with Gasteiger partial charge >= 0.3 is 5.97 Å². The lowest BCUT2D eigenvalue weighted by atomic mass is 10.0. The number of carboxylic acid groups (broad SMARTS) is 1. The first-order valence-corrected chi connectivity index (χ1v) is 6.03. The monoisotopic (exact) mass is 262 g/mol. The summed E-state index contributed by atoms with van der Waals surface area (Å²) in [7, 11) is 0. The average Bonchev–Trinajstić information content (AvgIpc) is 2.68. The lowest BCUT2D eigenvalue weighted by Crippen LogP contribution is -2.13. The zero-order chi connectivity index (χ0) is 13.8. The molecule has 0 fully saturated rings. The van der Waals surface area contributed by atoms with Crippen LogP contribution in [-0.2, 0) is 13.0 Å². The summed E-state index contributed by atoms with van der Waals surface area (Å²) in [6.07, 6.45) is 0.487. The first kappa shape index (κ1) is 13.3. The third-order valence-corrected chi connectivity index (χ3v) is 2.97. The number of nitrogens with zero attached hydrogens (tertiary/aromatic N) is 2. The van der Waals surface area contributed by atoms with Gasteiger partial charge < -0.3 is 5.11 Å². The Labute approximate surface area is 110 Å². The van der Waals surface area contributed by atoms with Gasteiger partial charge in [-0.15, -0.1) is 0 Å². The molecule has 0 radical (unpaired) electrons. The van der Waals surface area contributed by atoms with Crippen LogP contribution in [0.15, 0.2) is 30.3 Å². The van der Waals surface area contributed by atoms with Gasteiger partial charge in [-0.05, 0) is 12.5 Å². The van der Waals surface area contributed by atoms with E-state index in [2.05, 4.69) is 5.10 Å². The van der Waals surface area contributed by atoms with E-state index in [1.54, 1.807) is 6.92 Å². The van der Waals surface area contributed by atoms with Gasteiger partial charge in [0.15, 0.2) is 0 Å². The van der Waals surface area contributed by atoms with Gasteiger partial charge in [0.2, 0.25) is 0 Å². The van der Waals surface area contributed by atoms with Crippen molar-refractivity contribution in [1.82, 2.24) is 9.78 Å². The molecule has 0 atom stereocenters. The van der Waals surface area contributed by atoms with Crippen molar-refractivity contribution in [2.24, 2.45) is 0 Å². The molecule has 1 N–H and O–H groups in total. The van der Waals surface area contributed by atoms with Gasteiger partial charge in [0.1, 0.15) is 12.4 Å². The molecule has 100 valence electrons. The van der Waals surface area contributed by atoms with Crippen molar-refractivity contribution in [3.63, 3.8) is 0 Å². The fourth-order valence-electron chi connectivity index (χ4n) is 2.11. The lowest BCUT2D eigenvalue weighted by Gasteiger charge is -2.04. The second kappa shape index (κ2) is 5.65. The van der Waals surface area contributed by atoms with Gasteiger partial charge in [0.05, 0.1) is 12.2 Å². The predicted molar refractivity (Wildman–Crippen MR) is 69.1 cm³/mol. The van der Waals surface area contributed by atoms with E-state index < -0.39 is 12.6 Å².